The zero-order valence-electron chi connectivity index (χ0n) is 8.09. The molecule has 82 valence electrons. The fourth-order valence-electron chi connectivity index (χ4n) is 1.17. The molecule has 3 nitrogen and oxygen atoms in total. The summed E-state index contributed by atoms with van der Waals surface area (Å²) in [6.45, 7) is 0. The minimum absolute atomic E-state index is 0.0683. The number of hydrogen-bond donors (Lipinski definition) is 0. The fraction of sp³-hybridized carbons (Fsp3) is 0.100. The summed E-state index contributed by atoms with van der Waals surface area (Å²) < 4.78 is 1.48. The lowest BCUT2D eigenvalue weighted by atomic mass is 10.2. The highest BCUT2D eigenvalue weighted by atomic mass is 79.9. The molecule has 0 aromatic heterocycles. The minimum atomic E-state index is -0.0683. The quantitative estimate of drug-likeness (QED) is 0.621. The highest BCUT2D eigenvalue weighted by Gasteiger charge is 2.25. The van der Waals surface area contributed by atoms with E-state index in [9.17, 15) is 4.79 Å². The van der Waals surface area contributed by atoms with Gasteiger partial charge in [0.2, 0.25) is 0 Å². The Bertz CT molecular complexity index is 460. The Morgan fingerprint density at radius 1 is 1.56 bits per heavy atom. The van der Waals surface area contributed by atoms with E-state index in [2.05, 4.69) is 21.0 Å². The molecule has 0 saturated carbocycles. The monoisotopic (exact) mass is 314 g/mol. The van der Waals surface area contributed by atoms with Gasteiger partial charge in [-0.25, -0.2) is 0 Å². The summed E-state index contributed by atoms with van der Waals surface area (Å²) >= 11 is 9.71. The van der Waals surface area contributed by atoms with Crippen molar-refractivity contribution in [3.8, 4) is 0 Å². The predicted octanol–water partition coefficient (Wildman–Crippen LogP) is 2.64. The molecule has 1 fully saturated rings. The largest absolute Gasteiger partial charge is 0.272 e. The van der Waals surface area contributed by atoms with Crippen LogP contribution in [-0.4, -0.2) is 27.2 Å². The zero-order valence-corrected chi connectivity index (χ0v) is 11.3. The molecule has 0 N–H and O–H groups in total. The van der Waals surface area contributed by atoms with E-state index in [1.54, 1.807) is 6.21 Å². The number of rotatable bonds is 2. The van der Waals surface area contributed by atoms with Crippen molar-refractivity contribution in [2.75, 3.05) is 5.75 Å². The van der Waals surface area contributed by atoms with Crippen LogP contribution in [0.2, 0.25) is 0 Å². The smallest absolute Gasteiger partial charge is 0.259 e. The van der Waals surface area contributed by atoms with Gasteiger partial charge >= 0.3 is 0 Å². The summed E-state index contributed by atoms with van der Waals surface area (Å²) in [5, 5.41) is 5.34. The molecule has 1 aliphatic heterocycles. The lowest BCUT2D eigenvalue weighted by molar-refractivity contribution is -0.123. The minimum Gasteiger partial charge on any atom is -0.272 e. The third-order valence-electron chi connectivity index (χ3n) is 1.90. The Kier molecular flexibility index (Phi) is 3.73. The number of carbonyl (C=O) groups is 1. The second-order valence-electron chi connectivity index (χ2n) is 3.06. The molecule has 1 aliphatic rings. The summed E-state index contributed by atoms with van der Waals surface area (Å²) in [5.41, 5.74) is 0.918. The molecule has 6 heteroatoms. The topological polar surface area (TPSA) is 32.7 Å². The standard InChI is InChI=1S/C10H7BrN2OS2/c11-8-3-1-2-7(4-8)5-12-13-9(14)6-16-10(13)15/h1-5H,6H2. The Labute approximate surface area is 111 Å². The Morgan fingerprint density at radius 3 is 3.00 bits per heavy atom. The van der Waals surface area contributed by atoms with Crippen LogP contribution in [0.25, 0.3) is 0 Å². The molecule has 0 unspecified atom stereocenters. The van der Waals surface area contributed by atoms with Gasteiger partial charge in [0.25, 0.3) is 5.91 Å². The third-order valence-corrected chi connectivity index (χ3v) is 3.73. The molecule has 0 aliphatic carbocycles. The van der Waals surface area contributed by atoms with Gasteiger partial charge in [-0.2, -0.15) is 10.1 Å². The van der Waals surface area contributed by atoms with Crippen molar-refractivity contribution < 1.29 is 4.79 Å². The van der Waals surface area contributed by atoms with Gasteiger partial charge in [0.1, 0.15) is 0 Å². The van der Waals surface area contributed by atoms with Crippen molar-refractivity contribution in [1.29, 1.82) is 0 Å². The van der Waals surface area contributed by atoms with Crippen LogP contribution >= 0.6 is 39.9 Å². The van der Waals surface area contributed by atoms with Gasteiger partial charge in [0.15, 0.2) is 4.32 Å². The molecule has 0 spiro atoms. The molecule has 2 rings (SSSR count). The first-order valence-corrected chi connectivity index (χ1v) is 6.65. The van der Waals surface area contributed by atoms with Crippen LogP contribution in [0.5, 0.6) is 0 Å². The van der Waals surface area contributed by atoms with Crippen molar-refractivity contribution in [3.05, 3.63) is 34.3 Å². The fourth-order valence-corrected chi connectivity index (χ4v) is 2.55. The predicted molar refractivity (Wildman–Crippen MR) is 73.6 cm³/mol. The van der Waals surface area contributed by atoms with Gasteiger partial charge < -0.3 is 0 Å². The van der Waals surface area contributed by atoms with E-state index < -0.39 is 0 Å². The molecule has 1 saturated heterocycles. The summed E-state index contributed by atoms with van der Waals surface area (Å²) in [5.74, 6) is 0.315. The first-order chi connectivity index (χ1) is 7.66. The molecule has 0 atom stereocenters. The first kappa shape index (κ1) is 11.8. The lowest BCUT2D eigenvalue weighted by Gasteiger charge is -2.06. The second kappa shape index (κ2) is 5.07. The maximum absolute atomic E-state index is 11.4. The molecule has 1 aromatic rings. The van der Waals surface area contributed by atoms with Crippen LogP contribution in [0.3, 0.4) is 0 Å². The van der Waals surface area contributed by atoms with Gasteiger partial charge in [-0.3, -0.25) is 4.79 Å². The van der Waals surface area contributed by atoms with Gasteiger partial charge in [-0.15, -0.1) is 0 Å². The Hall–Kier alpha value is -0.720. The number of nitrogens with zero attached hydrogens (tertiary/aromatic N) is 2. The van der Waals surface area contributed by atoms with E-state index in [4.69, 9.17) is 12.2 Å². The number of halogens is 1. The number of carbonyl (C=O) groups excluding carboxylic acids is 1. The average molecular weight is 315 g/mol. The van der Waals surface area contributed by atoms with Crippen LogP contribution in [0, 0.1) is 0 Å². The normalized spacial score (nSPS) is 16.4. The van der Waals surface area contributed by atoms with Crippen molar-refractivity contribution in [2.24, 2.45) is 5.10 Å². The number of hydrogen-bond acceptors (Lipinski definition) is 4. The number of amides is 1. The summed E-state index contributed by atoms with van der Waals surface area (Å²) in [6, 6.07) is 7.66. The molecular formula is C10H7BrN2OS2. The van der Waals surface area contributed by atoms with Crippen molar-refractivity contribution >= 4 is 56.4 Å². The van der Waals surface area contributed by atoms with Crippen LogP contribution < -0.4 is 0 Å². The van der Waals surface area contributed by atoms with E-state index in [-0.39, 0.29) is 5.91 Å². The Morgan fingerprint density at radius 2 is 2.38 bits per heavy atom. The van der Waals surface area contributed by atoms with E-state index in [0.29, 0.717) is 10.1 Å². The lowest BCUT2D eigenvalue weighted by Crippen LogP contribution is -2.22. The molecule has 1 heterocycles. The molecule has 0 radical (unpaired) electrons. The van der Waals surface area contributed by atoms with E-state index >= 15 is 0 Å². The average Bonchev–Trinajstić information content (AvgIpc) is 2.56. The van der Waals surface area contributed by atoms with Crippen LogP contribution in [-0.2, 0) is 4.79 Å². The molecule has 16 heavy (non-hydrogen) atoms. The molecule has 0 bridgehead atoms. The van der Waals surface area contributed by atoms with Gasteiger partial charge in [-0.1, -0.05) is 52.0 Å². The maximum Gasteiger partial charge on any atom is 0.259 e. The number of benzene rings is 1. The van der Waals surface area contributed by atoms with E-state index in [0.717, 1.165) is 10.0 Å². The molecule has 1 aromatic carbocycles. The highest BCUT2D eigenvalue weighted by Crippen LogP contribution is 2.19. The van der Waals surface area contributed by atoms with Crippen molar-refractivity contribution in [1.82, 2.24) is 5.01 Å². The van der Waals surface area contributed by atoms with Crippen molar-refractivity contribution in [2.45, 2.75) is 0 Å². The van der Waals surface area contributed by atoms with Gasteiger partial charge in [0.05, 0.1) is 12.0 Å². The summed E-state index contributed by atoms with van der Waals surface area (Å²) in [7, 11) is 0. The SMILES string of the molecule is O=C1CSC(=S)N1N=Cc1cccc(Br)c1. The summed E-state index contributed by atoms with van der Waals surface area (Å²) in [4.78, 5) is 11.4. The summed E-state index contributed by atoms with van der Waals surface area (Å²) in [6.07, 6.45) is 1.63. The number of thiocarbonyl (C=S) groups is 1. The van der Waals surface area contributed by atoms with E-state index in [1.807, 2.05) is 24.3 Å². The van der Waals surface area contributed by atoms with Crippen LogP contribution in [0.4, 0.5) is 0 Å². The van der Waals surface area contributed by atoms with Crippen LogP contribution in [0.15, 0.2) is 33.8 Å². The molecular weight excluding hydrogens is 308 g/mol. The maximum atomic E-state index is 11.4. The zero-order chi connectivity index (χ0) is 11.5. The number of thioether (sulfide) groups is 1. The van der Waals surface area contributed by atoms with Crippen molar-refractivity contribution in [3.63, 3.8) is 0 Å². The van der Waals surface area contributed by atoms with Crippen LogP contribution in [0.1, 0.15) is 5.56 Å². The first-order valence-electron chi connectivity index (χ1n) is 4.46. The second-order valence-corrected chi connectivity index (χ2v) is 5.58. The highest BCUT2D eigenvalue weighted by molar-refractivity contribution is 9.10. The number of hydrazone groups is 1. The van der Waals surface area contributed by atoms with Gasteiger partial charge in [-0.05, 0) is 17.7 Å². The molecule has 1 amide bonds. The third kappa shape index (κ3) is 2.69. The Balaban J connectivity index is 2.15. The van der Waals surface area contributed by atoms with Gasteiger partial charge in [0, 0.05) is 4.47 Å². The van der Waals surface area contributed by atoms with E-state index in [1.165, 1.54) is 16.8 Å².